The molecule has 0 unspecified atom stereocenters. The minimum absolute atomic E-state index is 0.0495. The van der Waals surface area contributed by atoms with Crippen molar-refractivity contribution in [1.29, 1.82) is 0 Å². The van der Waals surface area contributed by atoms with Crippen LogP contribution in [-0.4, -0.2) is 36.6 Å². The van der Waals surface area contributed by atoms with E-state index in [2.05, 4.69) is 13.8 Å². The molecular formula is C13H20O4. The molecular weight excluding hydrogens is 220 g/mol. The zero-order valence-corrected chi connectivity index (χ0v) is 10.5. The predicted octanol–water partition coefficient (Wildman–Crippen LogP) is 1.55. The highest BCUT2D eigenvalue weighted by Gasteiger charge is 2.10. The van der Waals surface area contributed by atoms with E-state index in [9.17, 15) is 5.11 Å². The maximum absolute atomic E-state index is 9.21. The SMILES string of the molecule is COc1cc(C(C)C)ccc1OC[C@@H](O)CO. The first-order valence-corrected chi connectivity index (χ1v) is 5.68. The lowest BCUT2D eigenvalue weighted by Crippen LogP contribution is -2.21. The molecule has 4 nitrogen and oxygen atoms in total. The van der Waals surface area contributed by atoms with Crippen molar-refractivity contribution in [3.05, 3.63) is 23.8 Å². The van der Waals surface area contributed by atoms with E-state index in [1.54, 1.807) is 7.11 Å². The number of rotatable bonds is 6. The summed E-state index contributed by atoms with van der Waals surface area (Å²) >= 11 is 0. The van der Waals surface area contributed by atoms with E-state index in [0.717, 1.165) is 5.56 Å². The Morgan fingerprint density at radius 2 is 1.94 bits per heavy atom. The van der Waals surface area contributed by atoms with Gasteiger partial charge in [-0.2, -0.15) is 0 Å². The summed E-state index contributed by atoms with van der Waals surface area (Å²) < 4.78 is 10.6. The van der Waals surface area contributed by atoms with Gasteiger partial charge in [0, 0.05) is 0 Å². The minimum atomic E-state index is -0.871. The van der Waals surface area contributed by atoms with E-state index < -0.39 is 6.10 Å². The molecule has 0 aliphatic rings. The van der Waals surface area contributed by atoms with Crippen LogP contribution >= 0.6 is 0 Å². The van der Waals surface area contributed by atoms with Crippen molar-refractivity contribution in [1.82, 2.24) is 0 Å². The van der Waals surface area contributed by atoms with Crippen molar-refractivity contribution in [3.8, 4) is 11.5 Å². The lowest BCUT2D eigenvalue weighted by atomic mass is 10.0. The first-order valence-electron chi connectivity index (χ1n) is 5.68. The summed E-state index contributed by atoms with van der Waals surface area (Å²) in [6.45, 7) is 3.94. The Labute approximate surface area is 102 Å². The fraction of sp³-hybridized carbons (Fsp3) is 0.538. The smallest absolute Gasteiger partial charge is 0.161 e. The standard InChI is InChI=1S/C13H20O4/c1-9(2)10-4-5-12(13(6-10)16-3)17-8-11(15)7-14/h4-6,9,11,14-15H,7-8H2,1-3H3/t11-/m0/s1. The average Bonchev–Trinajstić information content (AvgIpc) is 2.35. The fourth-order valence-corrected chi connectivity index (χ4v) is 1.40. The van der Waals surface area contributed by atoms with E-state index in [4.69, 9.17) is 14.6 Å². The molecule has 0 bridgehead atoms. The van der Waals surface area contributed by atoms with Gasteiger partial charge in [0.2, 0.25) is 0 Å². The van der Waals surface area contributed by atoms with Crippen molar-refractivity contribution in [2.75, 3.05) is 20.3 Å². The molecule has 0 heterocycles. The molecule has 17 heavy (non-hydrogen) atoms. The molecule has 0 saturated heterocycles. The summed E-state index contributed by atoms with van der Waals surface area (Å²) in [5.41, 5.74) is 1.16. The summed E-state index contributed by atoms with van der Waals surface area (Å²) in [5.74, 6) is 1.63. The highest BCUT2D eigenvalue weighted by atomic mass is 16.5. The van der Waals surface area contributed by atoms with Crippen LogP contribution in [0.1, 0.15) is 25.3 Å². The van der Waals surface area contributed by atoms with Crippen LogP contribution in [0.15, 0.2) is 18.2 Å². The summed E-state index contributed by atoms with van der Waals surface area (Å²) in [4.78, 5) is 0. The van der Waals surface area contributed by atoms with Gasteiger partial charge < -0.3 is 19.7 Å². The quantitative estimate of drug-likeness (QED) is 0.792. The van der Waals surface area contributed by atoms with Gasteiger partial charge in [0.25, 0.3) is 0 Å². The molecule has 0 saturated carbocycles. The fourth-order valence-electron chi connectivity index (χ4n) is 1.40. The number of hydrogen-bond donors (Lipinski definition) is 2. The average molecular weight is 240 g/mol. The van der Waals surface area contributed by atoms with Gasteiger partial charge in [-0.1, -0.05) is 19.9 Å². The van der Waals surface area contributed by atoms with Gasteiger partial charge in [0.15, 0.2) is 11.5 Å². The Morgan fingerprint density at radius 1 is 1.24 bits per heavy atom. The molecule has 0 aliphatic carbocycles. The Hall–Kier alpha value is -1.26. The van der Waals surface area contributed by atoms with Gasteiger partial charge >= 0.3 is 0 Å². The van der Waals surface area contributed by atoms with Crippen molar-refractivity contribution < 1.29 is 19.7 Å². The van der Waals surface area contributed by atoms with Gasteiger partial charge in [-0.25, -0.2) is 0 Å². The van der Waals surface area contributed by atoms with Crippen LogP contribution < -0.4 is 9.47 Å². The molecule has 1 aromatic rings. The number of benzene rings is 1. The van der Waals surface area contributed by atoms with Gasteiger partial charge in [0.1, 0.15) is 12.7 Å². The number of ether oxygens (including phenoxy) is 2. The van der Waals surface area contributed by atoms with Crippen LogP contribution in [0.25, 0.3) is 0 Å². The molecule has 0 spiro atoms. The monoisotopic (exact) mass is 240 g/mol. The maximum Gasteiger partial charge on any atom is 0.161 e. The predicted molar refractivity (Wildman–Crippen MR) is 65.7 cm³/mol. The molecule has 0 aromatic heterocycles. The van der Waals surface area contributed by atoms with E-state index in [0.29, 0.717) is 17.4 Å². The largest absolute Gasteiger partial charge is 0.493 e. The van der Waals surface area contributed by atoms with Gasteiger partial charge in [-0.15, -0.1) is 0 Å². The minimum Gasteiger partial charge on any atom is -0.493 e. The van der Waals surface area contributed by atoms with Crippen LogP contribution in [0.5, 0.6) is 11.5 Å². The van der Waals surface area contributed by atoms with Crippen molar-refractivity contribution in [2.45, 2.75) is 25.9 Å². The number of aliphatic hydroxyl groups is 2. The summed E-state index contributed by atoms with van der Waals surface area (Å²) in [5, 5.41) is 17.9. The van der Waals surface area contributed by atoms with Crippen LogP contribution in [0.2, 0.25) is 0 Å². The van der Waals surface area contributed by atoms with E-state index in [1.165, 1.54) is 0 Å². The van der Waals surface area contributed by atoms with Crippen LogP contribution in [0, 0.1) is 0 Å². The number of hydrogen-bond acceptors (Lipinski definition) is 4. The topological polar surface area (TPSA) is 58.9 Å². The third-order valence-corrected chi connectivity index (χ3v) is 2.50. The molecule has 1 atom stereocenters. The number of aliphatic hydroxyl groups excluding tert-OH is 2. The molecule has 0 amide bonds. The summed E-state index contributed by atoms with van der Waals surface area (Å²) in [6.07, 6.45) is -0.871. The van der Waals surface area contributed by atoms with E-state index in [-0.39, 0.29) is 13.2 Å². The molecule has 0 radical (unpaired) electrons. The molecule has 96 valence electrons. The summed E-state index contributed by atoms with van der Waals surface area (Å²) in [7, 11) is 1.58. The lowest BCUT2D eigenvalue weighted by Gasteiger charge is -2.15. The van der Waals surface area contributed by atoms with Crippen LogP contribution in [0.4, 0.5) is 0 Å². The highest BCUT2D eigenvalue weighted by Crippen LogP contribution is 2.30. The van der Waals surface area contributed by atoms with Crippen LogP contribution in [-0.2, 0) is 0 Å². The van der Waals surface area contributed by atoms with Crippen molar-refractivity contribution in [3.63, 3.8) is 0 Å². The van der Waals surface area contributed by atoms with E-state index in [1.807, 2.05) is 18.2 Å². The Bertz CT molecular complexity index is 349. The van der Waals surface area contributed by atoms with Gasteiger partial charge in [-0.05, 0) is 23.6 Å². The molecule has 1 aromatic carbocycles. The second-order valence-corrected chi connectivity index (χ2v) is 4.21. The molecule has 1 rings (SSSR count). The van der Waals surface area contributed by atoms with Gasteiger partial charge in [0.05, 0.1) is 13.7 Å². The second kappa shape index (κ2) is 6.47. The third kappa shape index (κ3) is 3.91. The normalized spacial score (nSPS) is 12.6. The molecule has 2 N–H and O–H groups in total. The Balaban J connectivity index is 2.78. The maximum atomic E-state index is 9.21. The summed E-state index contributed by atoms with van der Waals surface area (Å²) in [6, 6.07) is 5.71. The zero-order chi connectivity index (χ0) is 12.8. The van der Waals surface area contributed by atoms with Crippen LogP contribution in [0.3, 0.4) is 0 Å². The zero-order valence-electron chi connectivity index (χ0n) is 10.5. The Kier molecular flexibility index (Phi) is 5.25. The molecule has 0 aliphatic heterocycles. The molecule has 0 fully saturated rings. The molecule has 4 heteroatoms. The van der Waals surface area contributed by atoms with Crippen molar-refractivity contribution in [2.24, 2.45) is 0 Å². The first-order chi connectivity index (χ1) is 8.08. The second-order valence-electron chi connectivity index (χ2n) is 4.21. The van der Waals surface area contributed by atoms with Gasteiger partial charge in [-0.3, -0.25) is 0 Å². The van der Waals surface area contributed by atoms with E-state index >= 15 is 0 Å². The lowest BCUT2D eigenvalue weighted by molar-refractivity contribution is 0.0527. The van der Waals surface area contributed by atoms with Crippen molar-refractivity contribution >= 4 is 0 Å². The third-order valence-electron chi connectivity index (χ3n) is 2.50. The first kappa shape index (κ1) is 13.8. The number of methoxy groups -OCH3 is 1. The highest BCUT2D eigenvalue weighted by molar-refractivity contribution is 5.43. The Morgan fingerprint density at radius 3 is 2.47 bits per heavy atom.